The van der Waals surface area contributed by atoms with Gasteiger partial charge >= 0.3 is 12.1 Å². The van der Waals surface area contributed by atoms with Crippen LogP contribution in [0.2, 0.25) is 0 Å². The maximum Gasteiger partial charge on any atom is 0.417 e. The number of carbonyl (C=O) groups is 1. The fourth-order valence-electron chi connectivity index (χ4n) is 5.07. The van der Waals surface area contributed by atoms with Crippen LogP contribution >= 0.6 is 0 Å². The fraction of sp³-hybridized carbons (Fsp3) is 0.355. The van der Waals surface area contributed by atoms with Gasteiger partial charge in [-0.25, -0.2) is 18.6 Å². The fourth-order valence-corrected chi connectivity index (χ4v) is 5.07. The molecule has 47 heavy (non-hydrogen) atoms. The molecule has 3 heterocycles. The molecule has 0 aliphatic carbocycles. The largest absolute Gasteiger partial charge is 0.494 e. The Morgan fingerprint density at radius 3 is 2.62 bits per heavy atom. The number of aromatic nitrogens is 3. The summed E-state index contributed by atoms with van der Waals surface area (Å²) in [6.07, 6.45) is -3.27. The van der Waals surface area contributed by atoms with E-state index < -0.39 is 34.9 Å². The smallest absolute Gasteiger partial charge is 0.417 e. The van der Waals surface area contributed by atoms with Crippen molar-refractivity contribution in [2.24, 2.45) is 5.10 Å². The molecular weight excluding hydrogens is 633 g/mol. The van der Waals surface area contributed by atoms with Gasteiger partial charge < -0.3 is 28.8 Å². The quantitative estimate of drug-likeness (QED) is 0.123. The number of carboxylic acid groups (broad SMARTS) is 1. The average Bonchev–Trinajstić information content (AvgIpc) is 3.70. The number of fused-ring (bicyclic) bond motifs is 1. The Labute approximate surface area is 264 Å². The molecule has 0 radical (unpaired) electrons. The van der Waals surface area contributed by atoms with Gasteiger partial charge in [0, 0.05) is 25.2 Å². The third kappa shape index (κ3) is 6.83. The molecule has 0 fully saturated rings. The van der Waals surface area contributed by atoms with E-state index in [9.17, 15) is 31.9 Å². The molecule has 250 valence electrons. The van der Waals surface area contributed by atoms with Crippen LogP contribution in [0, 0.1) is 11.6 Å². The van der Waals surface area contributed by atoms with Gasteiger partial charge in [-0.3, -0.25) is 5.01 Å². The van der Waals surface area contributed by atoms with E-state index in [0.29, 0.717) is 12.1 Å². The predicted molar refractivity (Wildman–Crippen MR) is 156 cm³/mol. The number of methoxy groups -OCH3 is 1. The first-order chi connectivity index (χ1) is 22.5. The Morgan fingerprint density at radius 1 is 1.09 bits per heavy atom. The highest BCUT2D eigenvalue weighted by atomic mass is 19.4. The summed E-state index contributed by atoms with van der Waals surface area (Å²) in [5, 5.41) is 20.0. The highest BCUT2D eigenvalue weighted by Gasteiger charge is 2.51. The molecule has 1 aliphatic heterocycles. The number of carboxylic acids is 1. The van der Waals surface area contributed by atoms with Crippen molar-refractivity contribution < 1.29 is 50.6 Å². The third-order valence-electron chi connectivity index (χ3n) is 7.44. The molecule has 11 nitrogen and oxygen atoms in total. The Balaban J connectivity index is 1.54. The van der Waals surface area contributed by atoms with Crippen LogP contribution in [0.3, 0.4) is 0 Å². The van der Waals surface area contributed by atoms with Gasteiger partial charge in [-0.15, -0.1) is 0 Å². The summed E-state index contributed by atoms with van der Waals surface area (Å²) in [6, 6.07) is 8.09. The summed E-state index contributed by atoms with van der Waals surface area (Å²) in [6.45, 7) is 1.99. The minimum atomic E-state index is -4.80. The molecule has 0 saturated heterocycles. The molecule has 4 aromatic rings. The first-order valence-corrected chi connectivity index (χ1v) is 14.5. The second-order valence-corrected chi connectivity index (χ2v) is 10.5. The zero-order valence-corrected chi connectivity index (χ0v) is 25.2. The lowest BCUT2D eigenvalue weighted by atomic mass is 9.90. The number of rotatable bonds is 14. The van der Waals surface area contributed by atoms with Crippen molar-refractivity contribution in [3.05, 3.63) is 76.8 Å². The zero-order chi connectivity index (χ0) is 33.8. The van der Waals surface area contributed by atoms with Crippen LogP contribution in [0.5, 0.6) is 5.75 Å². The summed E-state index contributed by atoms with van der Waals surface area (Å²) in [4.78, 5) is 20.4. The van der Waals surface area contributed by atoms with Crippen LogP contribution in [0.15, 0.2) is 52.1 Å². The van der Waals surface area contributed by atoms with E-state index in [1.807, 2.05) is 6.92 Å². The second kappa shape index (κ2) is 13.9. The summed E-state index contributed by atoms with van der Waals surface area (Å²) in [5.74, 6) is -4.01. The van der Waals surface area contributed by atoms with Crippen molar-refractivity contribution in [3.63, 3.8) is 0 Å². The van der Waals surface area contributed by atoms with Crippen molar-refractivity contribution in [1.82, 2.24) is 20.1 Å². The van der Waals surface area contributed by atoms with Crippen molar-refractivity contribution in [2.75, 3.05) is 33.5 Å². The molecule has 0 spiro atoms. The van der Waals surface area contributed by atoms with E-state index in [0.717, 1.165) is 23.2 Å². The number of alkyl halides is 3. The van der Waals surface area contributed by atoms with E-state index in [4.69, 9.17) is 18.7 Å². The zero-order valence-electron chi connectivity index (χ0n) is 25.2. The highest BCUT2D eigenvalue weighted by Crippen LogP contribution is 2.42. The number of nitrogens with one attached hydrogen (secondary N) is 1. The van der Waals surface area contributed by atoms with E-state index >= 15 is 0 Å². The van der Waals surface area contributed by atoms with Crippen LogP contribution in [0.1, 0.15) is 42.5 Å². The summed E-state index contributed by atoms with van der Waals surface area (Å²) >= 11 is 0. The molecule has 0 bridgehead atoms. The number of hydrogen-bond donors (Lipinski definition) is 2. The summed E-state index contributed by atoms with van der Waals surface area (Å²) in [7, 11) is 1.47. The van der Waals surface area contributed by atoms with Crippen LogP contribution in [0.4, 0.5) is 22.0 Å². The van der Waals surface area contributed by atoms with Crippen LogP contribution < -0.4 is 4.74 Å². The second-order valence-electron chi connectivity index (χ2n) is 10.5. The van der Waals surface area contributed by atoms with Gasteiger partial charge in [0.2, 0.25) is 5.54 Å². The molecule has 16 heteroatoms. The SMILES string of the molecule is CCCOc1ccc(-c2cc(C(CCOCCOC)(C(=O)O)N3Cc4[nH]c(-c5cccc(F)c5F)nc4C=N3)on2)c(C(F)(F)F)c1. The minimum absolute atomic E-state index is 0.00948. The average molecular weight is 664 g/mol. The maximum absolute atomic E-state index is 14.5. The normalized spacial score (nSPS) is 14.2. The maximum atomic E-state index is 14.5. The summed E-state index contributed by atoms with van der Waals surface area (Å²) in [5.41, 5.74) is -3.42. The van der Waals surface area contributed by atoms with Gasteiger partial charge in [-0.2, -0.15) is 18.3 Å². The molecule has 1 aliphatic rings. The standard InChI is InChI=1S/C31H30F5N5O6/c1-3-10-46-18-7-8-19(21(14-18)31(34,35)36)23-15-26(47-40-23)30(29(42)43,9-11-45-13-12-44-2)41-17-25-24(16-37-41)38-28(39-25)20-5-4-6-22(32)27(20)33/h4-8,14-16H,3,9-13,17H2,1-2H3,(H,38,39)(H,42,43). The number of hydrazone groups is 1. The molecule has 1 atom stereocenters. The summed E-state index contributed by atoms with van der Waals surface area (Å²) < 4.78 is 92.3. The number of ether oxygens (including phenoxy) is 3. The molecule has 2 N–H and O–H groups in total. The lowest BCUT2D eigenvalue weighted by Gasteiger charge is -2.37. The highest BCUT2D eigenvalue weighted by molar-refractivity contribution is 5.84. The predicted octanol–water partition coefficient (Wildman–Crippen LogP) is 6.00. The van der Waals surface area contributed by atoms with Crippen LogP contribution in [0.25, 0.3) is 22.6 Å². The number of H-pyrrole nitrogens is 1. The molecule has 2 aromatic heterocycles. The lowest BCUT2D eigenvalue weighted by Crippen LogP contribution is -2.51. The molecule has 1 unspecified atom stereocenters. The minimum Gasteiger partial charge on any atom is -0.494 e. The van der Waals surface area contributed by atoms with Crippen molar-refractivity contribution in [3.8, 4) is 28.4 Å². The van der Waals surface area contributed by atoms with E-state index in [2.05, 4.69) is 20.2 Å². The molecule has 0 amide bonds. The Morgan fingerprint density at radius 2 is 1.89 bits per heavy atom. The number of benzene rings is 2. The van der Waals surface area contributed by atoms with E-state index in [1.165, 1.54) is 37.6 Å². The number of imidazole rings is 1. The van der Waals surface area contributed by atoms with Gasteiger partial charge in [0.1, 0.15) is 23.0 Å². The Bertz CT molecular complexity index is 1760. The van der Waals surface area contributed by atoms with Gasteiger partial charge in [-0.1, -0.05) is 18.1 Å². The topological polar surface area (TPSA) is 135 Å². The molecule has 2 aromatic carbocycles. The molecule has 5 rings (SSSR count). The molecule has 0 saturated carbocycles. The van der Waals surface area contributed by atoms with Crippen molar-refractivity contribution >= 4 is 12.2 Å². The van der Waals surface area contributed by atoms with Crippen molar-refractivity contribution in [2.45, 2.75) is 38.0 Å². The lowest BCUT2D eigenvalue weighted by molar-refractivity contribution is -0.157. The third-order valence-corrected chi connectivity index (χ3v) is 7.44. The molecular formula is C31H30F5N5O6. The Hall–Kier alpha value is -4.83. The van der Waals surface area contributed by atoms with Gasteiger partial charge in [0.15, 0.2) is 17.4 Å². The van der Waals surface area contributed by atoms with Gasteiger partial charge in [0.25, 0.3) is 0 Å². The number of hydrogen-bond acceptors (Lipinski definition) is 9. The monoisotopic (exact) mass is 663 g/mol. The van der Waals surface area contributed by atoms with Crippen molar-refractivity contribution in [1.29, 1.82) is 0 Å². The van der Waals surface area contributed by atoms with Crippen LogP contribution in [-0.2, 0) is 32.5 Å². The Kier molecular flexibility index (Phi) is 9.91. The number of nitrogens with zero attached hydrogens (tertiary/aromatic N) is 4. The van der Waals surface area contributed by atoms with Gasteiger partial charge in [0.05, 0.1) is 56.0 Å². The number of aromatic amines is 1. The van der Waals surface area contributed by atoms with Gasteiger partial charge in [-0.05, 0) is 36.8 Å². The number of halogens is 5. The number of aliphatic carboxylic acids is 1. The first-order valence-electron chi connectivity index (χ1n) is 14.5. The van der Waals surface area contributed by atoms with E-state index in [-0.39, 0.29) is 79.2 Å². The first kappa shape index (κ1) is 33.5. The van der Waals surface area contributed by atoms with Crippen LogP contribution in [-0.4, -0.2) is 71.0 Å². The van der Waals surface area contributed by atoms with E-state index in [1.54, 1.807) is 0 Å².